The SMILES string of the molecule is CCCCCC1CCC(NO)=N1. The molecule has 0 saturated heterocycles. The van der Waals surface area contributed by atoms with Gasteiger partial charge in [-0.05, 0) is 12.8 Å². The summed E-state index contributed by atoms with van der Waals surface area (Å²) in [5, 5.41) is 8.57. The van der Waals surface area contributed by atoms with E-state index in [9.17, 15) is 0 Å². The average molecular weight is 170 g/mol. The van der Waals surface area contributed by atoms with Crippen LogP contribution in [0.3, 0.4) is 0 Å². The highest BCUT2D eigenvalue weighted by atomic mass is 16.5. The summed E-state index contributed by atoms with van der Waals surface area (Å²) in [4.78, 5) is 4.33. The predicted molar refractivity (Wildman–Crippen MR) is 49.5 cm³/mol. The highest BCUT2D eigenvalue weighted by Gasteiger charge is 2.15. The van der Waals surface area contributed by atoms with Crippen molar-refractivity contribution in [2.75, 3.05) is 0 Å². The van der Waals surface area contributed by atoms with Gasteiger partial charge in [-0.15, -0.1) is 0 Å². The second-order valence-corrected chi connectivity index (χ2v) is 3.38. The van der Waals surface area contributed by atoms with Crippen LogP contribution in [0.25, 0.3) is 0 Å². The van der Waals surface area contributed by atoms with Gasteiger partial charge in [0, 0.05) is 6.42 Å². The van der Waals surface area contributed by atoms with Gasteiger partial charge in [0.1, 0.15) is 5.84 Å². The first-order valence-electron chi connectivity index (χ1n) is 4.83. The Labute approximate surface area is 73.8 Å². The Morgan fingerprint density at radius 2 is 2.42 bits per heavy atom. The maximum atomic E-state index is 8.57. The fourth-order valence-corrected chi connectivity index (χ4v) is 1.58. The van der Waals surface area contributed by atoms with Gasteiger partial charge in [-0.25, -0.2) is 0 Å². The first-order chi connectivity index (χ1) is 5.86. The van der Waals surface area contributed by atoms with Crippen molar-refractivity contribution in [1.82, 2.24) is 5.48 Å². The van der Waals surface area contributed by atoms with Gasteiger partial charge in [0.2, 0.25) is 0 Å². The van der Waals surface area contributed by atoms with Gasteiger partial charge in [-0.3, -0.25) is 15.7 Å². The van der Waals surface area contributed by atoms with Crippen LogP contribution in [0.5, 0.6) is 0 Å². The zero-order valence-corrected chi connectivity index (χ0v) is 7.71. The standard InChI is InChI=1S/C9H18N2O/c1-2-3-4-5-8-6-7-9(10-8)11-12/h8,12H,2-7H2,1H3,(H,10,11). The van der Waals surface area contributed by atoms with Gasteiger partial charge >= 0.3 is 0 Å². The number of aliphatic imine (C=N–C) groups is 1. The Bertz CT molecular complexity index is 157. The van der Waals surface area contributed by atoms with E-state index < -0.39 is 0 Å². The minimum atomic E-state index is 0.464. The molecule has 1 aliphatic rings. The van der Waals surface area contributed by atoms with E-state index in [2.05, 4.69) is 17.4 Å². The van der Waals surface area contributed by atoms with Crippen molar-refractivity contribution in [1.29, 1.82) is 0 Å². The summed E-state index contributed by atoms with van der Waals surface area (Å²) < 4.78 is 0. The van der Waals surface area contributed by atoms with Crippen molar-refractivity contribution in [2.24, 2.45) is 4.99 Å². The molecule has 70 valence electrons. The first kappa shape index (κ1) is 9.52. The molecule has 1 aliphatic heterocycles. The van der Waals surface area contributed by atoms with Gasteiger partial charge in [0.05, 0.1) is 6.04 Å². The van der Waals surface area contributed by atoms with Crippen LogP contribution < -0.4 is 5.48 Å². The summed E-state index contributed by atoms with van der Waals surface area (Å²) in [6.07, 6.45) is 7.03. The summed E-state index contributed by atoms with van der Waals surface area (Å²) in [5.74, 6) is 0.761. The number of nitrogens with zero attached hydrogens (tertiary/aromatic N) is 1. The van der Waals surface area contributed by atoms with E-state index in [1.165, 1.54) is 25.7 Å². The van der Waals surface area contributed by atoms with Crippen molar-refractivity contribution in [2.45, 2.75) is 51.5 Å². The van der Waals surface area contributed by atoms with Gasteiger partial charge < -0.3 is 0 Å². The van der Waals surface area contributed by atoms with Crippen LogP contribution in [-0.2, 0) is 0 Å². The first-order valence-corrected chi connectivity index (χ1v) is 4.83. The molecule has 0 aromatic heterocycles. The molecule has 0 spiro atoms. The second kappa shape index (κ2) is 5.14. The molecular formula is C9H18N2O. The number of hydrogen-bond donors (Lipinski definition) is 2. The van der Waals surface area contributed by atoms with E-state index >= 15 is 0 Å². The molecule has 0 aliphatic carbocycles. The fraction of sp³-hybridized carbons (Fsp3) is 0.889. The van der Waals surface area contributed by atoms with Gasteiger partial charge in [-0.1, -0.05) is 26.2 Å². The van der Waals surface area contributed by atoms with Crippen LogP contribution in [0.2, 0.25) is 0 Å². The van der Waals surface area contributed by atoms with Crippen molar-refractivity contribution in [3.63, 3.8) is 0 Å². The maximum Gasteiger partial charge on any atom is 0.120 e. The number of amidine groups is 1. The van der Waals surface area contributed by atoms with Crippen molar-refractivity contribution in [3.05, 3.63) is 0 Å². The summed E-state index contributed by atoms with van der Waals surface area (Å²) in [7, 11) is 0. The van der Waals surface area contributed by atoms with E-state index in [1.54, 1.807) is 0 Å². The summed E-state index contributed by atoms with van der Waals surface area (Å²) in [6.45, 7) is 2.21. The van der Waals surface area contributed by atoms with E-state index in [0.717, 1.165) is 18.7 Å². The van der Waals surface area contributed by atoms with E-state index in [4.69, 9.17) is 5.21 Å². The Balaban J connectivity index is 2.14. The molecule has 0 radical (unpaired) electrons. The molecule has 2 N–H and O–H groups in total. The lowest BCUT2D eigenvalue weighted by molar-refractivity contribution is 0.232. The maximum absolute atomic E-state index is 8.57. The highest BCUT2D eigenvalue weighted by molar-refractivity contribution is 5.82. The summed E-state index contributed by atoms with van der Waals surface area (Å²) >= 11 is 0. The molecule has 1 heterocycles. The van der Waals surface area contributed by atoms with Gasteiger partial charge in [0.15, 0.2) is 0 Å². The molecule has 1 rings (SSSR count). The topological polar surface area (TPSA) is 44.6 Å². The largest absolute Gasteiger partial charge is 0.290 e. The molecule has 0 fully saturated rings. The van der Waals surface area contributed by atoms with Gasteiger partial charge in [0.25, 0.3) is 0 Å². The third-order valence-corrected chi connectivity index (χ3v) is 2.32. The molecule has 1 atom stereocenters. The van der Waals surface area contributed by atoms with Crippen molar-refractivity contribution >= 4 is 5.84 Å². The average Bonchev–Trinajstić information content (AvgIpc) is 2.53. The third-order valence-electron chi connectivity index (χ3n) is 2.32. The molecule has 1 unspecified atom stereocenters. The fourth-order valence-electron chi connectivity index (χ4n) is 1.58. The molecule has 0 amide bonds. The number of unbranched alkanes of at least 4 members (excludes halogenated alkanes) is 2. The molecule has 3 heteroatoms. The van der Waals surface area contributed by atoms with E-state index in [1.807, 2.05) is 0 Å². The lowest BCUT2D eigenvalue weighted by Gasteiger charge is -2.03. The Kier molecular flexibility index (Phi) is 4.08. The van der Waals surface area contributed by atoms with Crippen molar-refractivity contribution in [3.8, 4) is 0 Å². The second-order valence-electron chi connectivity index (χ2n) is 3.38. The van der Waals surface area contributed by atoms with Crippen LogP contribution in [0, 0.1) is 0 Å². The van der Waals surface area contributed by atoms with Crippen LogP contribution in [0.1, 0.15) is 45.4 Å². The normalized spacial score (nSPS) is 22.5. The Morgan fingerprint density at radius 3 is 3.00 bits per heavy atom. The number of hydroxylamine groups is 1. The number of rotatable bonds is 4. The number of nitrogens with one attached hydrogen (secondary N) is 1. The zero-order valence-electron chi connectivity index (χ0n) is 7.71. The van der Waals surface area contributed by atoms with Crippen LogP contribution in [-0.4, -0.2) is 17.1 Å². The summed E-state index contributed by atoms with van der Waals surface area (Å²) in [6, 6.07) is 0.464. The molecule has 0 aromatic rings. The van der Waals surface area contributed by atoms with E-state index in [-0.39, 0.29) is 0 Å². The number of hydrogen-bond acceptors (Lipinski definition) is 3. The smallest absolute Gasteiger partial charge is 0.120 e. The molecule has 0 aromatic carbocycles. The molecule has 3 nitrogen and oxygen atoms in total. The monoisotopic (exact) mass is 170 g/mol. The molecule has 0 bridgehead atoms. The van der Waals surface area contributed by atoms with Crippen LogP contribution >= 0.6 is 0 Å². The van der Waals surface area contributed by atoms with Gasteiger partial charge in [-0.2, -0.15) is 0 Å². The Morgan fingerprint density at radius 1 is 1.58 bits per heavy atom. The summed E-state index contributed by atoms with van der Waals surface area (Å²) in [5.41, 5.74) is 2.13. The third kappa shape index (κ3) is 2.81. The van der Waals surface area contributed by atoms with E-state index in [0.29, 0.717) is 6.04 Å². The molecule has 0 saturated carbocycles. The minimum Gasteiger partial charge on any atom is -0.290 e. The minimum absolute atomic E-state index is 0.464. The quantitative estimate of drug-likeness (QED) is 0.501. The lowest BCUT2D eigenvalue weighted by Crippen LogP contribution is -2.15. The predicted octanol–water partition coefficient (Wildman–Crippen LogP) is 2.11. The lowest BCUT2D eigenvalue weighted by atomic mass is 10.1. The Hall–Kier alpha value is -0.570. The van der Waals surface area contributed by atoms with Crippen LogP contribution in [0.4, 0.5) is 0 Å². The highest BCUT2D eigenvalue weighted by Crippen LogP contribution is 2.17. The molecule has 12 heavy (non-hydrogen) atoms. The molecular weight excluding hydrogens is 152 g/mol. The van der Waals surface area contributed by atoms with Crippen LogP contribution in [0.15, 0.2) is 4.99 Å². The zero-order chi connectivity index (χ0) is 8.81. The van der Waals surface area contributed by atoms with Crippen molar-refractivity contribution < 1.29 is 5.21 Å².